The topological polar surface area (TPSA) is 32.3 Å². The first-order valence-electron chi connectivity index (χ1n) is 6.35. The molecule has 1 aliphatic heterocycles. The molecule has 0 saturated carbocycles. The quantitative estimate of drug-likeness (QED) is 0.912. The minimum Gasteiger partial charge on any atom is -0.334 e. The van der Waals surface area contributed by atoms with Crippen molar-refractivity contribution in [2.24, 2.45) is 0 Å². The van der Waals surface area contributed by atoms with Crippen molar-refractivity contribution in [2.45, 2.75) is 25.8 Å². The van der Waals surface area contributed by atoms with Crippen LogP contribution in [0.25, 0.3) is 0 Å². The van der Waals surface area contributed by atoms with Crippen LogP contribution < -0.4 is 5.32 Å². The molecule has 0 bridgehead atoms. The van der Waals surface area contributed by atoms with Crippen LogP contribution >= 0.6 is 11.6 Å². The minimum absolute atomic E-state index is 0.0535. The van der Waals surface area contributed by atoms with E-state index < -0.39 is 0 Å². The molecule has 1 atom stereocenters. The van der Waals surface area contributed by atoms with Gasteiger partial charge in [0, 0.05) is 19.1 Å². The second-order valence-corrected chi connectivity index (χ2v) is 5.24. The van der Waals surface area contributed by atoms with Crippen molar-refractivity contribution in [3.05, 3.63) is 34.3 Å². The highest BCUT2D eigenvalue weighted by Crippen LogP contribution is 2.24. The van der Waals surface area contributed by atoms with Crippen LogP contribution in [0, 0.1) is 6.92 Å². The molecule has 1 aromatic rings. The highest BCUT2D eigenvalue weighted by molar-refractivity contribution is 6.33. The molecule has 2 rings (SSSR count). The van der Waals surface area contributed by atoms with Crippen LogP contribution in [0.2, 0.25) is 5.02 Å². The van der Waals surface area contributed by atoms with Crippen LogP contribution in [0.5, 0.6) is 0 Å². The first-order valence-corrected chi connectivity index (χ1v) is 6.73. The molecule has 4 heteroatoms. The monoisotopic (exact) mass is 266 g/mol. The Bertz CT molecular complexity index is 447. The van der Waals surface area contributed by atoms with E-state index in [0.717, 1.165) is 31.5 Å². The highest BCUT2D eigenvalue weighted by Gasteiger charge is 2.29. The maximum atomic E-state index is 12.5. The number of amides is 1. The molecule has 0 radical (unpaired) electrons. The summed E-state index contributed by atoms with van der Waals surface area (Å²) in [5, 5.41) is 3.69. The average molecular weight is 267 g/mol. The number of rotatable bonds is 3. The fourth-order valence-corrected chi connectivity index (χ4v) is 2.82. The molecule has 3 nitrogen and oxygen atoms in total. The molecule has 1 fully saturated rings. The number of halogens is 1. The largest absolute Gasteiger partial charge is 0.334 e. The van der Waals surface area contributed by atoms with Crippen molar-refractivity contribution in [1.82, 2.24) is 10.2 Å². The number of aryl methyl sites for hydroxylation is 1. The Balaban J connectivity index is 2.20. The third-order valence-electron chi connectivity index (χ3n) is 3.43. The number of nitrogens with zero attached hydrogens (tertiary/aromatic N) is 1. The number of likely N-dealkylation sites (N-methyl/N-ethyl adjacent to an activating group) is 1. The second kappa shape index (κ2) is 5.72. The smallest absolute Gasteiger partial charge is 0.255 e. The molecule has 0 aromatic heterocycles. The van der Waals surface area contributed by atoms with Gasteiger partial charge in [-0.05, 0) is 44.5 Å². The Kier molecular flexibility index (Phi) is 4.25. The standard InChI is InChI=1S/C14H19ClN2O/c1-10-5-6-12(13(15)8-10)14(18)17-7-3-4-11(17)9-16-2/h5-6,8,11,16H,3-4,7,9H2,1-2H3. The molecule has 1 heterocycles. The van der Waals surface area contributed by atoms with E-state index in [0.29, 0.717) is 16.6 Å². The van der Waals surface area contributed by atoms with Gasteiger partial charge in [-0.3, -0.25) is 4.79 Å². The van der Waals surface area contributed by atoms with E-state index in [4.69, 9.17) is 11.6 Å². The molecule has 1 amide bonds. The zero-order valence-corrected chi connectivity index (χ0v) is 11.6. The van der Waals surface area contributed by atoms with Gasteiger partial charge < -0.3 is 10.2 Å². The first kappa shape index (κ1) is 13.4. The molecular weight excluding hydrogens is 248 g/mol. The van der Waals surface area contributed by atoms with E-state index in [1.54, 1.807) is 0 Å². The Morgan fingerprint density at radius 3 is 3.00 bits per heavy atom. The van der Waals surface area contributed by atoms with Gasteiger partial charge in [0.15, 0.2) is 0 Å². The van der Waals surface area contributed by atoms with Gasteiger partial charge in [-0.2, -0.15) is 0 Å². The lowest BCUT2D eigenvalue weighted by atomic mass is 10.1. The zero-order chi connectivity index (χ0) is 13.1. The number of benzene rings is 1. The fourth-order valence-electron chi connectivity index (χ4n) is 2.50. The Morgan fingerprint density at radius 1 is 1.56 bits per heavy atom. The normalized spacial score (nSPS) is 19.3. The van der Waals surface area contributed by atoms with Crippen molar-refractivity contribution in [1.29, 1.82) is 0 Å². The van der Waals surface area contributed by atoms with Gasteiger partial charge >= 0.3 is 0 Å². The summed E-state index contributed by atoms with van der Waals surface area (Å²) >= 11 is 6.16. The summed E-state index contributed by atoms with van der Waals surface area (Å²) < 4.78 is 0. The summed E-state index contributed by atoms with van der Waals surface area (Å²) in [5.74, 6) is 0.0535. The minimum atomic E-state index is 0.0535. The van der Waals surface area contributed by atoms with Crippen molar-refractivity contribution >= 4 is 17.5 Å². The van der Waals surface area contributed by atoms with Crippen molar-refractivity contribution in [3.8, 4) is 0 Å². The Labute approximate surface area is 113 Å². The summed E-state index contributed by atoms with van der Waals surface area (Å²) in [7, 11) is 1.92. The molecule has 98 valence electrons. The average Bonchev–Trinajstić information content (AvgIpc) is 2.77. The van der Waals surface area contributed by atoms with Gasteiger partial charge in [-0.1, -0.05) is 17.7 Å². The van der Waals surface area contributed by atoms with E-state index in [1.807, 2.05) is 37.1 Å². The molecule has 18 heavy (non-hydrogen) atoms. The van der Waals surface area contributed by atoms with Gasteiger partial charge in [0.2, 0.25) is 0 Å². The van der Waals surface area contributed by atoms with Crippen LogP contribution in [-0.2, 0) is 0 Å². The summed E-state index contributed by atoms with van der Waals surface area (Å²) in [6, 6.07) is 5.90. The third kappa shape index (κ3) is 2.68. The lowest BCUT2D eigenvalue weighted by Crippen LogP contribution is -2.40. The third-order valence-corrected chi connectivity index (χ3v) is 3.75. The zero-order valence-electron chi connectivity index (χ0n) is 10.9. The number of hydrogen-bond donors (Lipinski definition) is 1. The molecule has 1 saturated heterocycles. The highest BCUT2D eigenvalue weighted by atomic mass is 35.5. The lowest BCUT2D eigenvalue weighted by Gasteiger charge is -2.25. The first-order chi connectivity index (χ1) is 8.63. The van der Waals surface area contributed by atoms with Gasteiger partial charge in [0.1, 0.15) is 0 Å². The number of carbonyl (C=O) groups excluding carboxylic acids is 1. The van der Waals surface area contributed by atoms with Crippen molar-refractivity contribution < 1.29 is 4.79 Å². The summed E-state index contributed by atoms with van der Waals surface area (Å²) in [5.41, 5.74) is 1.69. The predicted octanol–water partition coefficient (Wildman–Crippen LogP) is 2.47. The van der Waals surface area contributed by atoms with Gasteiger partial charge in [-0.15, -0.1) is 0 Å². The predicted molar refractivity (Wildman–Crippen MR) is 74.2 cm³/mol. The van der Waals surface area contributed by atoms with Crippen LogP contribution in [0.3, 0.4) is 0 Å². The van der Waals surface area contributed by atoms with Crippen LogP contribution in [0.15, 0.2) is 18.2 Å². The van der Waals surface area contributed by atoms with Gasteiger partial charge in [0.05, 0.1) is 10.6 Å². The maximum Gasteiger partial charge on any atom is 0.255 e. The van der Waals surface area contributed by atoms with Gasteiger partial charge in [-0.25, -0.2) is 0 Å². The molecule has 1 unspecified atom stereocenters. The van der Waals surface area contributed by atoms with Crippen molar-refractivity contribution in [2.75, 3.05) is 20.1 Å². The number of nitrogens with one attached hydrogen (secondary N) is 1. The van der Waals surface area contributed by atoms with Crippen LogP contribution in [0.1, 0.15) is 28.8 Å². The molecule has 1 aliphatic rings. The van der Waals surface area contributed by atoms with E-state index in [9.17, 15) is 4.79 Å². The van der Waals surface area contributed by atoms with Crippen LogP contribution in [0.4, 0.5) is 0 Å². The molecule has 1 aromatic carbocycles. The molecule has 0 aliphatic carbocycles. The van der Waals surface area contributed by atoms with E-state index in [2.05, 4.69) is 5.32 Å². The van der Waals surface area contributed by atoms with E-state index in [-0.39, 0.29) is 5.91 Å². The summed E-state index contributed by atoms with van der Waals surface area (Å²) in [6.07, 6.45) is 2.14. The Morgan fingerprint density at radius 2 is 2.33 bits per heavy atom. The van der Waals surface area contributed by atoms with E-state index in [1.165, 1.54) is 0 Å². The summed E-state index contributed by atoms with van der Waals surface area (Å²) in [4.78, 5) is 14.4. The number of carbonyl (C=O) groups is 1. The van der Waals surface area contributed by atoms with Crippen molar-refractivity contribution in [3.63, 3.8) is 0 Å². The molecular formula is C14H19ClN2O. The number of hydrogen-bond acceptors (Lipinski definition) is 2. The fraction of sp³-hybridized carbons (Fsp3) is 0.500. The molecule has 1 N–H and O–H groups in total. The SMILES string of the molecule is CNCC1CCCN1C(=O)c1ccc(C)cc1Cl. The second-order valence-electron chi connectivity index (χ2n) is 4.84. The maximum absolute atomic E-state index is 12.5. The van der Waals surface area contributed by atoms with Crippen LogP contribution in [-0.4, -0.2) is 37.0 Å². The van der Waals surface area contributed by atoms with E-state index >= 15 is 0 Å². The Hall–Kier alpha value is -1.06. The lowest BCUT2D eigenvalue weighted by molar-refractivity contribution is 0.0737. The molecule has 0 spiro atoms. The number of likely N-dealkylation sites (tertiary alicyclic amines) is 1. The summed E-state index contributed by atoms with van der Waals surface area (Å²) in [6.45, 7) is 3.64. The van der Waals surface area contributed by atoms with Gasteiger partial charge in [0.25, 0.3) is 5.91 Å².